The van der Waals surface area contributed by atoms with Gasteiger partial charge in [0, 0.05) is 0 Å². The maximum absolute atomic E-state index is 11.3. The van der Waals surface area contributed by atoms with Crippen molar-refractivity contribution < 1.29 is 31.1 Å². The molecule has 0 aromatic heterocycles. The molecule has 0 aliphatic heterocycles. The largest absolute Gasteiger partial charge is 0.508 e. The molecule has 0 rings (SSSR count). The molecular formula is C3F6N2O. The van der Waals surface area contributed by atoms with Gasteiger partial charge in [0.2, 0.25) is 0 Å². The third kappa shape index (κ3) is 2.79. The number of carbonyl (C=O) groups excluding carboxylic acids is 1. The monoisotopic (exact) mass is 194 g/mol. The van der Waals surface area contributed by atoms with Crippen molar-refractivity contribution in [3.8, 4) is 0 Å². The van der Waals surface area contributed by atoms with Crippen LogP contribution in [0.2, 0.25) is 0 Å². The average Bonchev–Trinajstić information content (AvgIpc) is 1.77. The Kier molecular flexibility index (Phi) is 2.70. The quantitative estimate of drug-likeness (QED) is 0.209. The third-order valence-corrected chi connectivity index (χ3v) is 0.621. The highest BCUT2D eigenvalue weighted by Crippen LogP contribution is 2.33. The minimum atomic E-state index is -5.77. The summed E-state index contributed by atoms with van der Waals surface area (Å²) in [5, 5.41) is -0.799. The normalized spacial score (nSPS) is 12.2. The van der Waals surface area contributed by atoms with Crippen molar-refractivity contribution in [2.24, 2.45) is 5.10 Å². The lowest BCUT2D eigenvalue weighted by atomic mass is 10.9. The van der Waals surface area contributed by atoms with Crippen molar-refractivity contribution in [3.05, 3.63) is 0 Å². The van der Waals surface area contributed by atoms with Crippen LogP contribution >= 0.6 is 0 Å². The molecule has 0 bridgehead atoms. The van der Waals surface area contributed by atoms with Gasteiger partial charge in [0.1, 0.15) is 0 Å². The average molecular weight is 194 g/mol. The van der Waals surface area contributed by atoms with Gasteiger partial charge in [-0.25, -0.2) is 4.79 Å². The maximum atomic E-state index is 11.3. The van der Waals surface area contributed by atoms with E-state index in [4.69, 9.17) is 0 Å². The Morgan fingerprint density at radius 1 is 1.00 bits per heavy atom. The molecule has 0 saturated carbocycles. The van der Waals surface area contributed by atoms with E-state index in [1.165, 1.54) is 5.10 Å². The molecule has 0 saturated heterocycles. The van der Waals surface area contributed by atoms with E-state index < -0.39 is 17.6 Å². The zero-order valence-electron chi connectivity index (χ0n) is 5.07. The lowest BCUT2D eigenvalue weighted by Crippen LogP contribution is -2.43. The summed E-state index contributed by atoms with van der Waals surface area (Å²) in [7, 11) is 0. The van der Waals surface area contributed by atoms with E-state index in [1.807, 2.05) is 0 Å². The predicted octanol–water partition coefficient (Wildman–Crippen LogP) is 1.58. The highest BCUT2D eigenvalue weighted by molar-refractivity contribution is 5.32. The number of hydrogen-bond donors (Lipinski definition) is 0. The minimum Gasteiger partial charge on any atom is -0.209 e. The van der Waals surface area contributed by atoms with Gasteiger partial charge < -0.3 is 0 Å². The van der Waals surface area contributed by atoms with E-state index in [1.54, 1.807) is 0 Å². The summed E-state index contributed by atoms with van der Waals surface area (Å²) in [6.45, 7) is 0. The van der Waals surface area contributed by atoms with Crippen LogP contribution in [-0.2, 0) is 4.79 Å². The predicted molar refractivity (Wildman–Crippen MR) is 22.1 cm³/mol. The van der Waals surface area contributed by atoms with Crippen LogP contribution in [0.5, 0.6) is 0 Å². The molecule has 0 N–H and O–H groups in total. The number of hydrazone groups is 1. The van der Waals surface area contributed by atoms with Gasteiger partial charge in [-0.05, 0) is 0 Å². The lowest BCUT2D eigenvalue weighted by Gasteiger charge is -2.21. The van der Waals surface area contributed by atoms with E-state index in [-0.39, 0.29) is 6.08 Å². The zero-order chi connectivity index (χ0) is 9.99. The van der Waals surface area contributed by atoms with Crippen molar-refractivity contribution in [1.29, 1.82) is 0 Å². The Hall–Kier alpha value is -1.24. The fourth-order valence-corrected chi connectivity index (χ4v) is 0.298. The van der Waals surface area contributed by atoms with E-state index in [9.17, 15) is 31.1 Å². The van der Waals surface area contributed by atoms with Gasteiger partial charge in [0.25, 0.3) is 6.08 Å². The van der Waals surface area contributed by atoms with E-state index in [0.717, 1.165) is 0 Å². The molecule has 9 heteroatoms. The van der Waals surface area contributed by atoms with Crippen LogP contribution in [0.4, 0.5) is 26.3 Å². The number of rotatable bonds is 1. The van der Waals surface area contributed by atoms with E-state index >= 15 is 0 Å². The number of hydrogen-bond acceptors (Lipinski definition) is 3. The summed E-state index contributed by atoms with van der Waals surface area (Å²) in [5.41, 5.74) is 0. The molecular weight excluding hydrogens is 194 g/mol. The van der Waals surface area contributed by atoms with Gasteiger partial charge in [-0.1, -0.05) is 10.1 Å². The summed E-state index contributed by atoms with van der Waals surface area (Å²) >= 11 is 0. The molecule has 0 amide bonds. The van der Waals surface area contributed by atoms with Crippen LogP contribution in [0.15, 0.2) is 5.10 Å². The molecule has 0 aromatic carbocycles. The topological polar surface area (TPSA) is 32.7 Å². The first kappa shape index (κ1) is 10.8. The van der Waals surface area contributed by atoms with E-state index in [0.29, 0.717) is 0 Å². The highest BCUT2D eigenvalue weighted by atomic mass is 19.4. The molecule has 0 heterocycles. The third-order valence-electron chi connectivity index (χ3n) is 0.621. The fraction of sp³-hybridized carbons (Fsp3) is 0.667. The summed E-state index contributed by atoms with van der Waals surface area (Å²) in [6, 6.07) is 0. The smallest absolute Gasteiger partial charge is 0.209 e. The molecule has 3 nitrogen and oxygen atoms in total. The summed E-state index contributed by atoms with van der Waals surface area (Å²) in [5.74, 6) is 0. The first-order valence-electron chi connectivity index (χ1n) is 2.21. The fourth-order valence-electron chi connectivity index (χ4n) is 0.298. The van der Waals surface area contributed by atoms with Crippen LogP contribution in [0.3, 0.4) is 0 Å². The maximum Gasteiger partial charge on any atom is 0.508 e. The van der Waals surface area contributed by atoms with Gasteiger partial charge in [-0.3, -0.25) is 0 Å². The second-order valence-corrected chi connectivity index (χ2v) is 1.44. The Bertz CT molecular complexity index is 186. The second kappa shape index (κ2) is 3.02. The minimum absolute atomic E-state index is 0.142. The summed E-state index contributed by atoms with van der Waals surface area (Å²) in [4.78, 5) is 9.18. The standard InChI is InChI=1S/C3F6N2O/c4-2(5,6)11(10-1-12)3(7,8)9. The molecule has 0 radical (unpaired) electrons. The Labute approximate surface area is 61.2 Å². The summed E-state index contributed by atoms with van der Waals surface area (Å²) < 4.78 is 68.0. The Morgan fingerprint density at radius 2 is 1.33 bits per heavy atom. The molecule has 70 valence electrons. The van der Waals surface area contributed by atoms with E-state index in [2.05, 4.69) is 0 Å². The lowest BCUT2D eigenvalue weighted by molar-refractivity contribution is -0.373. The number of isocyanates is 1. The molecule has 0 atom stereocenters. The van der Waals surface area contributed by atoms with Gasteiger partial charge in [-0.2, -0.15) is 0 Å². The van der Waals surface area contributed by atoms with Crippen molar-refractivity contribution in [2.45, 2.75) is 12.6 Å². The van der Waals surface area contributed by atoms with Crippen molar-refractivity contribution >= 4 is 6.08 Å². The van der Waals surface area contributed by atoms with Crippen LogP contribution in [0.25, 0.3) is 0 Å². The first-order valence-corrected chi connectivity index (χ1v) is 2.21. The second-order valence-electron chi connectivity index (χ2n) is 1.44. The molecule has 0 fully saturated rings. The molecule has 0 spiro atoms. The van der Waals surface area contributed by atoms with Crippen LogP contribution in [0, 0.1) is 0 Å². The van der Waals surface area contributed by atoms with Crippen LogP contribution in [0.1, 0.15) is 0 Å². The molecule has 0 aliphatic carbocycles. The molecule has 0 aliphatic rings. The zero-order valence-corrected chi connectivity index (χ0v) is 5.07. The molecule has 0 unspecified atom stereocenters. The van der Waals surface area contributed by atoms with Gasteiger partial charge in [-0.15, -0.1) is 26.3 Å². The summed E-state index contributed by atoms with van der Waals surface area (Å²) in [6.07, 6.45) is -11.4. The van der Waals surface area contributed by atoms with Crippen LogP contribution in [-0.4, -0.2) is 23.7 Å². The number of nitrogens with zero attached hydrogens (tertiary/aromatic N) is 2. The van der Waals surface area contributed by atoms with Crippen LogP contribution < -0.4 is 0 Å². The Morgan fingerprint density at radius 3 is 1.42 bits per heavy atom. The van der Waals surface area contributed by atoms with Crippen molar-refractivity contribution in [1.82, 2.24) is 5.01 Å². The van der Waals surface area contributed by atoms with Crippen molar-refractivity contribution in [2.75, 3.05) is 0 Å². The number of halogens is 6. The molecule has 12 heavy (non-hydrogen) atoms. The number of alkyl halides is 6. The van der Waals surface area contributed by atoms with Gasteiger partial charge in [0.05, 0.1) is 0 Å². The first-order chi connectivity index (χ1) is 5.19. The van der Waals surface area contributed by atoms with Gasteiger partial charge >= 0.3 is 12.6 Å². The Balaban J connectivity index is 4.81. The van der Waals surface area contributed by atoms with Crippen molar-refractivity contribution in [3.63, 3.8) is 0 Å². The van der Waals surface area contributed by atoms with Gasteiger partial charge in [0.15, 0.2) is 0 Å². The highest BCUT2D eigenvalue weighted by Gasteiger charge is 2.54. The SMILES string of the molecule is O=C=NN(C(F)(F)F)C(F)(F)F. The molecule has 0 aromatic rings.